The van der Waals surface area contributed by atoms with Gasteiger partial charge in [-0.2, -0.15) is 0 Å². The average Bonchev–Trinajstić information content (AvgIpc) is 2.92. The number of carboxylic acid groups (broad SMARTS) is 1. The average molecular weight is 577 g/mol. The first-order valence-electron chi connectivity index (χ1n) is 12.0. The van der Waals surface area contributed by atoms with Crippen LogP contribution in [0.5, 0.6) is 0 Å². The standard InChI is InChI=1S/C21H36O18/c1-33-19-14(31)12(29)16(7(3-23)36-19)39-21-18(34-5-9(25)26)15(32)17(8(4-24)37-21)38-20-13(30)11(28)10(27)6(2-22)35-20/h6-8,10-24,27-32H,2-5H2,1H3,(H,25,26)/t6-,7-,8-,10+,11+,12-,13-,14-,15+,16-,17+,18-,19-,20-,21+/m1/s1. The van der Waals surface area contributed by atoms with Gasteiger partial charge in [-0.25, -0.2) is 4.79 Å². The Morgan fingerprint density at radius 3 is 1.64 bits per heavy atom. The van der Waals surface area contributed by atoms with Gasteiger partial charge in [-0.05, 0) is 0 Å². The van der Waals surface area contributed by atoms with Crippen molar-refractivity contribution in [2.24, 2.45) is 0 Å². The van der Waals surface area contributed by atoms with Crippen LogP contribution in [-0.2, 0) is 38.0 Å². The van der Waals surface area contributed by atoms with Gasteiger partial charge in [0, 0.05) is 7.11 Å². The van der Waals surface area contributed by atoms with Crippen molar-refractivity contribution in [1.29, 1.82) is 0 Å². The molecule has 3 saturated heterocycles. The zero-order valence-electron chi connectivity index (χ0n) is 20.7. The number of aliphatic hydroxyl groups excluding tert-OH is 9. The number of hydrogen-bond donors (Lipinski definition) is 10. The van der Waals surface area contributed by atoms with Crippen molar-refractivity contribution < 1.29 is 89.0 Å². The first-order valence-corrected chi connectivity index (χ1v) is 12.0. The van der Waals surface area contributed by atoms with Crippen LogP contribution >= 0.6 is 0 Å². The van der Waals surface area contributed by atoms with Crippen molar-refractivity contribution >= 4 is 5.97 Å². The van der Waals surface area contributed by atoms with E-state index in [4.69, 9.17) is 38.3 Å². The lowest BCUT2D eigenvalue weighted by atomic mass is 9.96. The van der Waals surface area contributed by atoms with Crippen LogP contribution in [0, 0.1) is 0 Å². The van der Waals surface area contributed by atoms with Crippen LogP contribution in [0.4, 0.5) is 0 Å². The molecule has 3 fully saturated rings. The van der Waals surface area contributed by atoms with E-state index in [-0.39, 0.29) is 0 Å². The number of aliphatic hydroxyl groups is 9. The quantitative estimate of drug-likeness (QED) is 0.109. The first-order chi connectivity index (χ1) is 18.5. The van der Waals surface area contributed by atoms with Crippen molar-refractivity contribution in [2.75, 3.05) is 33.5 Å². The third-order valence-electron chi connectivity index (χ3n) is 6.68. The predicted octanol–water partition coefficient (Wildman–Crippen LogP) is -6.81. The van der Waals surface area contributed by atoms with Crippen molar-refractivity contribution in [3.63, 3.8) is 0 Å². The lowest BCUT2D eigenvalue weighted by Crippen LogP contribution is -2.67. The summed E-state index contributed by atoms with van der Waals surface area (Å²) in [6.45, 7) is -3.34. The van der Waals surface area contributed by atoms with Gasteiger partial charge in [-0.15, -0.1) is 0 Å². The van der Waals surface area contributed by atoms with Crippen LogP contribution in [-0.4, -0.2) is 183 Å². The minimum Gasteiger partial charge on any atom is -0.480 e. The maximum absolute atomic E-state index is 11.2. The van der Waals surface area contributed by atoms with Gasteiger partial charge in [0.2, 0.25) is 0 Å². The highest BCUT2D eigenvalue weighted by molar-refractivity contribution is 5.68. The normalized spacial score (nSPS) is 47.2. The second kappa shape index (κ2) is 14.1. The molecule has 3 heterocycles. The molecule has 15 atom stereocenters. The monoisotopic (exact) mass is 576 g/mol. The zero-order chi connectivity index (χ0) is 29.0. The second-order valence-electron chi connectivity index (χ2n) is 9.23. The zero-order valence-corrected chi connectivity index (χ0v) is 20.7. The summed E-state index contributed by atoms with van der Waals surface area (Å²) in [6.07, 6.45) is -24.5. The Kier molecular flexibility index (Phi) is 11.7. The van der Waals surface area contributed by atoms with Crippen molar-refractivity contribution in [2.45, 2.75) is 92.1 Å². The summed E-state index contributed by atoms with van der Waals surface area (Å²) in [5.41, 5.74) is 0. The summed E-state index contributed by atoms with van der Waals surface area (Å²) in [5, 5.41) is 100. The van der Waals surface area contributed by atoms with Crippen LogP contribution in [0.1, 0.15) is 0 Å². The van der Waals surface area contributed by atoms with Gasteiger partial charge in [0.1, 0.15) is 79.9 Å². The van der Waals surface area contributed by atoms with E-state index in [0.29, 0.717) is 0 Å². The Morgan fingerprint density at radius 1 is 0.615 bits per heavy atom. The number of aliphatic carboxylic acids is 1. The first kappa shape index (κ1) is 32.3. The smallest absolute Gasteiger partial charge is 0.329 e. The molecule has 18 nitrogen and oxygen atoms in total. The fourth-order valence-corrected chi connectivity index (χ4v) is 4.57. The Bertz CT molecular complexity index is 769. The number of carbonyl (C=O) groups is 1. The Morgan fingerprint density at radius 2 is 1.10 bits per heavy atom. The third kappa shape index (κ3) is 7.01. The van der Waals surface area contributed by atoms with Crippen LogP contribution in [0.25, 0.3) is 0 Å². The molecule has 3 aliphatic rings. The molecule has 0 aromatic rings. The fraction of sp³-hybridized carbons (Fsp3) is 0.952. The van der Waals surface area contributed by atoms with Gasteiger partial charge in [0.05, 0.1) is 19.8 Å². The van der Waals surface area contributed by atoms with Gasteiger partial charge in [0.25, 0.3) is 0 Å². The van der Waals surface area contributed by atoms with Gasteiger partial charge in [0.15, 0.2) is 18.9 Å². The van der Waals surface area contributed by atoms with Crippen molar-refractivity contribution in [3.8, 4) is 0 Å². The van der Waals surface area contributed by atoms with Crippen LogP contribution < -0.4 is 0 Å². The summed E-state index contributed by atoms with van der Waals surface area (Å²) in [5.74, 6) is -1.45. The highest BCUT2D eigenvalue weighted by atomic mass is 16.8. The predicted molar refractivity (Wildman–Crippen MR) is 117 cm³/mol. The summed E-state index contributed by atoms with van der Waals surface area (Å²) in [6, 6.07) is 0. The molecule has 18 heteroatoms. The molecule has 228 valence electrons. The lowest BCUT2D eigenvalue weighted by molar-refractivity contribution is -0.381. The highest BCUT2D eigenvalue weighted by Crippen LogP contribution is 2.33. The number of rotatable bonds is 11. The van der Waals surface area contributed by atoms with Crippen molar-refractivity contribution in [1.82, 2.24) is 0 Å². The number of carboxylic acids is 1. The molecule has 0 radical (unpaired) electrons. The van der Waals surface area contributed by atoms with Crippen LogP contribution in [0.3, 0.4) is 0 Å². The van der Waals surface area contributed by atoms with E-state index in [2.05, 4.69) is 0 Å². The topological polar surface area (TPSA) is 284 Å². The molecule has 0 bridgehead atoms. The Hall–Kier alpha value is -1.17. The molecule has 0 amide bonds. The minimum atomic E-state index is -1.88. The number of hydrogen-bond acceptors (Lipinski definition) is 17. The van der Waals surface area contributed by atoms with Gasteiger partial charge < -0.3 is 84.2 Å². The summed E-state index contributed by atoms with van der Waals surface area (Å²) < 4.78 is 37.7. The minimum absolute atomic E-state index is 0.726. The Balaban J connectivity index is 1.84. The van der Waals surface area contributed by atoms with Gasteiger partial charge >= 0.3 is 5.97 Å². The second-order valence-corrected chi connectivity index (χ2v) is 9.23. The molecular formula is C21H36O18. The molecular weight excluding hydrogens is 540 g/mol. The third-order valence-corrected chi connectivity index (χ3v) is 6.68. The molecule has 0 saturated carbocycles. The van der Waals surface area contributed by atoms with Gasteiger partial charge in [-0.3, -0.25) is 0 Å². The molecule has 3 rings (SSSR count). The highest BCUT2D eigenvalue weighted by Gasteiger charge is 2.54. The fourth-order valence-electron chi connectivity index (χ4n) is 4.57. The van der Waals surface area contributed by atoms with E-state index in [0.717, 1.165) is 0 Å². The van der Waals surface area contributed by atoms with Crippen molar-refractivity contribution in [3.05, 3.63) is 0 Å². The summed E-state index contributed by atoms with van der Waals surface area (Å²) in [4.78, 5) is 11.2. The van der Waals surface area contributed by atoms with Crippen LogP contribution in [0.15, 0.2) is 0 Å². The molecule has 10 N–H and O–H groups in total. The summed E-state index contributed by atoms with van der Waals surface area (Å²) in [7, 11) is 1.19. The van der Waals surface area contributed by atoms with E-state index in [1.165, 1.54) is 7.11 Å². The van der Waals surface area contributed by atoms with E-state index in [1.54, 1.807) is 0 Å². The van der Waals surface area contributed by atoms with Gasteiger partial charge in [-0.1, -0.05) is 0 Å². The lowest BCUT2D eigenvalue weighted by Gasteiger charge is -2.48. The molecule has 3 aliphatic heterocycles. The SMILES string of the molecule is CO[C@@H]1O[C@H](CO)[C@@H](O[C@@H]2O[C@H](CO)[C@H](O[C@H]3O[C@H](CO)[C@H](O)[C@H](O)[C@H]3O)[C@H](O)[C@H]2OCC(=O)O)[C@H](O)[C@H]1O. The van der Waals surface area contributed by atoms with Crippen LogP contribution in [0.2, 0.25) is 0 Å². The molecule has 39 heavy (non-hydrogen) atoms. The maximum atomic E-state index is 11.2. The number of methoxy groups -OCH3 is 1. The van der Waals surface area contributed by atoms with E-state index in [1.807, 2.05) is 0 Å². The largest absolute Gasteiger partial charge is 0.480 e. The number of ether oxygens (including phenoxy) is 7. The van der Waals surface area contributed by atoms with E-state index in [9.17, 15) is 50.8 Å². The molecule has 0 unspecified atom stereocenters. The van der Waals surface area contributed by atoms with E-state index >= 15 is 0 Å². The molecule has 0 aromatic heterocycles. The Labute approximate surface area is 221 Å². The maximum Gasteiger partial charge on any atom is 0.329 e. The molecule has 0 aromatic carbocycles. The molecule has 0 spiro atoms. The summed E-state index contributed by atoms with van der Waals surface area (Å²) >= 11 is 0. The van der Waals surface area contributed by atoms with E-state index < -0.39 is 125 Å². The molecule has 0 aliphatic carbocycles.